The van der Waals surface area contributed by atoms with E-state index in [2.05, 4.69) is 29.4 Å². The van der Waals surface area contributed by atoms with Crippen LogP contribution in [0.3, 0.4) is 0 Å². The van der Waals surface area contributed by atoms with E-state index in [1.54, 1.807) is 0 Å². The minimum atomic E-state index is -0.154. The molecule has 1 aromatic rings. The highest BCUT2D eigenvalue weighted by atomic mass is 16.1. The Morgan fingerprint density at radius 1 is 1.45 bits per heavy atom. The van der Waals surface area contributed by atoms with E-state index in [0.717, 1.165) is 25.1 Å². The number of carbonyl (C=O) groups excluding carboxylic acids is 1. The molecule has 2 unspecified atom stereocenters. The van der Waals surface area contributed by atoms with Crippen molar-refractivity contribution in [3.05, 3.63) is 11.4 Å². The lowest BCUT2D eigenvalue weighted by molar-refractivity contribution is 0.0932. The molecule has 0 radical (unpaired) electrons. The summed E-state index contributed by atoms with van der Waals surface area (Å²) in [5.41, 5.74) is 7.68. The summed E-state index contributed by atoms with van der Waals surface area (Å²) in [6, 6.07) is 0. The fourth-order valence-corrected chi connectivity index (χ4v) is 3.00. The van der Waals surface area contributed by atoms with Gasteiger partial charge >= 0.3 is 0 Å². The van der Waals surface area contributed by atoms with Gasteiger partial charge in [0.25, 0.3) is 5.91 Å². The Morgan fingerprint density at radius 3 is 2.90 bits per heavy atom. The molecule has 5 nitrogen and oxygen atoms in total. The number of nitrogen functional groups attached to an aromatic ring is 1. The Labute approximate surface area is 120 Å². The van der Waals surface area contributed by atoms with Crippen molar-refractivity contribution >= 4 is 11.6 Å². The Bertz CT molecular complexity index is 455. The van der Waals surface area contributed by atoms with Crippen LogP contribution in [-0.2, 0) is 6.42 Å². The van der Waals surface area contributed by atoms with E-state index < -0.39 is 0 Å². The molecule has 20 heavy (non-hydrogen) atoms. The first-order valence-electron chi connectivity index (χ1n) is 7.74. The van der Waals surface area contributed by atoms with E-state index in [0.29, 0.717) is 23.2 Å². The van der Waals surface area contributed by atoms with E-state index in [4.69, 9.17) is 5.73 Å². The number of amides is 1. The number of hydrogen-bond donors (Lipinski definition) is 3. The number of hydrogen-bond acceptors (Lipinski definition) is 3. The molecule has 1 aliphatic rings. The number of carbonyl (C=O) groups is 1. The van der Waals surface area contributed by atoms with Gasteiger partial charge in [0.1, 0.15) is 0 Å². The fourth-order valence-electron chi connectivity index (χ4n) is 3.00. The Kier molecular flexibility index (Phi) is 5.04. The van der Waals surface area contributed by atoms with Crippen molar-refractivity contribution in [2.45, 2.75) is 52.4 Å². The van der Waals surface area contributed by atoms with E-state index >= 15 is 0 Å². The zero-order valence-corrected chi connectivity index (χ0v) is 12.5. The molecular weight excluding hydrogens is 252 g/mol. The van der Waals surface area contributed by atoms with E-state index in [1.165, 1.54) is 25.7 Å². The third-order valence-corrected chi connectivity index (χ3v) is 4.41. The molecule has 1 aromatic heterocycles. The van der Waals surface area contributed by atoms with Crippen LogP contribution in [-0.4, -0.2) is 22.6 Å². The van der Waals surface area contributed by atoms with Crippen LogP contribution in [0.25, 0.3) is 0 Å². The first-order chi connectivity index (χ1) is 9.63. The topological polar surface area (TPSA) is 83.8 Å². The summed E-state index contributed by atoms with van der Waals surface area (Å²) in [5.74, 6) is 1.12. The van der Waals surface area contributed by atoms with E-state index in [1.807, 2.05) is 0 Å². The molecule has 1 fully saturated rings. The van der Waals surface area contributed by atoms with Gasteiger partial charge in [-0.25, -0.2) is 0 Å². The van der Waals surface area contributed by atoms with Gasteiger partial charge < -0.3 is 11.1 Å². The first kappa shape index (κ1) is 14.9. The number of H-pyrrole nitrogens is 1. The summed E-state index contributed by atoms with van der Waals surface area (Å²) >= 11 is 0. The number of aryl methyl sites for hydroxylation is 1. The smallest absolute Gasteiger partial charge is 0.273 e. The molecule has 2 rings (SSSR count). The van der Waals surface area contributed by atoms with Crippen molar-refractivity contribution in [2.24, 2.45) is 11.8 Å². The maximum absolute atomic E-state index is 12.2. The lowest BCUT2D eigenvalue weighted by atomic mass is 9.80. The van der Waals surface area contributed by atoms with Gasteiger partial charge in [0, 0.05) is 6.54 Å². The summed E-state index contributed by atoms with van der Waals surface area (Å²) in [6.07, 6.45) is 6.87. The molecule has 0 aliphatic heterocycles. The minimum Gasteiger partial charge on any atom is -0.395 e. The van der Waals surface area contributed by atoms with Crippen LogP contribution in [0, 0.1) is 11.8 Å². The number of nitrogens with one attached hydrogen (secondary N) is 2. The van der Waals surface area contributed by atoms with Crippen LogP contribution in [0.5, 0.6) is 0 Å². The molecule has 112 valence electrons. The van der Waals surface area contributed by atoms with Crippen LogP contribution < -0.4 is 11.1 Å². The van der Waals surface area contributed by atoms with E-state index in [9.17, 15) is 4.79 Å². The molecule has 0 saturated heterocycles. The van der Waals surface area contributed by atoms with Crippen molar-refractivity contribution in [3.63, 3.8) is 0 Å². The number of aromatic nitrogens is 2. The maximum atomic E-state index is 12.2. The third-order valence-electron chi connectivity index (χ3n) is 4.41. The average Bonchev–Trinajstić information content (AvgIpc) is 2.80. The Balaban J connectivity index is 1.91. The molecule has 1 heterocycles. The molecule has 0 spiro atoms. The molecule has 2 atom stereocenters. The second kappa shape index (κ2) is 6.77. The van der Waals surface area contributed by atoms with Gasteiger partial charge in [0.2, 0.25) is 0 Å². The SMILES string of the molecule is CCCc1[nH]nc(C(=O)NCC2CCCCC2C)c1N. The molecule has 1 amide bonds. The highest BCUT2D eigenvalue weighted by Gasteiger charge is 2.23. The quantitative estimate of drug-likeness (QED) is 0.773. The predicted molar refractivity (Wildman–Crippen MR) is 80.5 cm³/mol. The fraction of sp³-hybridized carbons (Fsp3) is 0.733. The van der Waals surface area contributed by atoms with Crippen LogP contribution in [0.15, 0.2) is 0 Å². The first-order valence-corrected chi connectivity index (χ1v) is 7.74. The second-order valence-electron chi connectivity index (χ2n) is 5.95. The van der Waals surface area contributed by atoms with Crippen molar-refractivity contribution in [1.29, 1.82) is 0 Å². The lowest BCUT2D eigenvalue weighted by Gasteiger charge is -2.28. The van der Waals surface area contributed by atoms with Crippen molar-refractivity contribution in [1.82, 2.24) is 15.5 Å². The summed E-state index contributed by atoms with van der Waals surface area (Å²) < 4.78 is 0. The molecule has 1 saturated carbocycles. The number of nitrogens with zero attached hydrogens (tertiary/aromatic N) is 1. The van der Waals surface area contributed by atoms with E-state index in [-0.39, 0.29) is 5.91 Å². The summed E-state index contributed by atoms with van der Waals surface area (Å²) in [6.45, 7) is 5.08. The molecule has 0 bridgehead atoms. The van der Waals surface area contributed by atoms with Crippen LogP contribution >= 0.6 is 0 Å². The van der Waals surface area contributed by atoms with Gasteiger partial charge in [-0.1, -0.05) is 39.5 Å². The van der Waals surface area contributed by atoms with Crippen LogP contribution in [0.1, 0.15) is 62.1 Å². The minimum absolute atomic E-state index is 0.154. The summed E-state index contributed by atoms with van der Waals surface area (Å²) in [7, 11) is 0. The lowest BCUT2D eigenvalue weighted by Crippen LogP contribution is -2.33. The third kappa shape index (κ3) is 3.32. The highest BCUT2D eigenvalue weighted by molar-refractivity contribution is 5.97. The summed E-state index contributed by atoms with van der Waals surface area (Å²) in [4.78, 5) is 12.2. The van der Waals surface area contributed by atoms with Crippen molar-refractivity contribution < 1.29 is 4.79 Å². The summed E-state index contributed by atoms with van der Waals surface area (Å²) in [5, 5.41) is 9.92. The zero-order chi connectivity index (χ0) is 14.5. The average molecular weight is 278 g/mol. The van der Waals surface area contributed by atoms with Crippen molar-refractivity contribution in [2.75, 3.05) is 12.3 Å². The molecule has 0 aromatic carbocycles. The van der Waals surface area contributed by atoms with Gasteiger partial charge in [-0.2, -0.15) is 5.10 Å². The molecule has 4 N–H and O–H groups in total. The number of aromatic amines is 1. The van der Waals surface area contributed by atoms with Gasteiger partial charge in [-0.05, 0) is 24.7 Å². The molecular formula is C15H26N4O. The Morgan fingerprint density at radius 2 is 2.20 bits per heavy atom. The van der Waals surface area contributed by atoms with Gasteiger partial charge in [-0.3, -0.25) is 9.89 Å². The largest absolute Gasteiger partial charge is 0.395 e. The molecule has 1 aliphatic carbocycles. The monoisotopic (exact) mass is 278 g/mol. The molecule has 5 heteroatoms. The predicted octanol–water partition coefficient (Wildman–Crippen LogP) is 2.50. The normalized spacial score (nSPS) is 22.7. The second-order valence-corrected chi connectivity index (χ2v) is 5.95. The number of nitrogens with two attached hydrogens (primary N) is 1. The van der Waals surface area contributed by atoms with Gasteiger partial charge in [-0.15, -0.1) is 0 Å². The van der Waals surface area contributed by atoms with Crippen molar-refractivity contribution in [3.8, 4) is 0 Å². The standard InChI is InChI=1S/C15H26N4O/c1-3-6-12-13(16)14(19-18-12)15(20)17-9-11-8-5-4-7-10(11)2/h10-11H,3-9,16H2,1-2H3,(H,17,20)(H,18,19). The zero-order valence-electron chi connectivity index (χ0n) is 12.5. The van der Waals surface area contributed by atoms with Crippen LogP contribution in [0.4, 0.5) is 5.69 Å². The maximum Gasteiger partial charge on any atom is 0.273 e. The van der Waals surface area contributed by atoms with Gasteiger partial charge in [0.05, 0.1) is 11.4 Å². The van der Waals surface area contributed by atoms with Crippen LogP contribution in [0.2, 0.25) is 0 Å². The Hall–Kier alpha value is -1.52. The number of rotatable bonds is 5. The highest BCUT2D eigenvalue weighted by Crippen LogP contribution is 2.29. The number of anilines is 1. The van der Waals surface area contributed by atoms with Gasteiger partial charge in [0.15, 0.2) is 5.69 Å².